The van der Waals surface area contributed by atoms with E-state index < -0.39 is 0 Å². The maximum atomic E-state index is 12.9. The van der Waals surface area contributed by atoms with E-state index in [9.17, 15) is 4.79 Å². The molecule has 0 bridgehead atoms. The molecule has 1 aliphatic rings. The van der Waals surface area contributed by atoms with Gasteiger partial charge in [-0.25, -0.2) is 0 Å². The summed E-state index contributed by atoms with van der Waals surface area (Å²) >= 11 is 1.47. The Hall–Kier alpha value is -2.63. The molecule has 0 unspecified atom stereocenters. The lowest BCUT2D eigenvalue weighted by atomic mass is 10.0. The first-order valence-corrected chi connectivity index (χ1v) is 10.4. The van der Waals surface area contributed by atoms with Gasteiger partial charge < -0.3 is 15.0 Å². The summed E-state index contributed by atoms with van der Waals surface area (Å²) in [5.74, 6) is -0.0622. The molecule has 0 spiro atoms. The van der Waals surface area contributed by atoms with E-state index >= 15 is 0 Å². The Kier molecular flexibility index (Phi) is 5.46. The molecular weight excluding hydrogens is 368 g/mol. The van der Waals surface area contributed by atoms with Crippen molar-refractivity contribution in [3.05, 3.63) is 69.9 Å². The summed E-state index contributed by atoms with van der Waals surface area (Å²) in [6.45, 7) is 7.43. The highest BCUT2D eigenvalue weighted by Crippen LogP contribution is 2.30. The van der Waals surface area contributed by atoms with Gasteiger partial charge in [0, 0.05) is 30.0 Å². The van der Waals surface area contributed by atoms with E-state index in [1.165, 1.54) is 22.6 Å². The molecule has 0 atom stereocenters. The summed E-state index contributed by atoms with van der Waals surface area (Å²) in [6.07, 6.45) is 0. The van der Waals surface area contributed by atoms with Crippen molar-refractivity contribution in [3.63, 3.8) is 0 Å². The maximum absolute atomic E-state index is 12.9. The first kappa shape index (κ1) is 18.7. The van der Waals surface area contributed by atoms with Crippen LogP contribution in [-0.4, -0.2) is 32.2 Å². The van der Waals surface area contributed by atoms with Gasteiger partial charge in [0.05, 0.1) is 18.1 Å². The maximum Gasteiger partial charge on any atom is 0.266 e. The molecule has 0 radical (unpaired) electrons. The molecule has 0 saturated carbocycles. The Balaban J connectivity index is 1.53. The lowest BCUT2D eigenvalue weighted by Gasteiger charge is -2.29. The molecule has 1 N–H and O–H groups in total. The number of anilines is 2. The summed E-state index contributed by atoms with van der Waals surface area (Å²) in [7, 11) is 0. The van der Waals surface area contributed by atoms with E-state index in [-0.39, 0.29) is 5.91 Å². The Morgan fingerprint density at radius 3 is 2.50 bits per heavy atom. The average molecular weight is 393 g/mol. The van der Waals surface area contributed by atoms with Crippen LogP contribution in [0.4, 0.5) is 11.4 Å². The van der Waals surface area contributed by atoms with Crippen LogP contribution >= 0.6 is 11.3 Å². The zero-order chi connectivity index (χ0) is 19.5. The summed E-state index contributed by atoms with van der Waals surface area (Å²) in [4.78, 5) is 16.0. The van der Waals surface area contributed by atoms with Crippen LogP contribution in [0.5, 0.6) is 0 Å². The van der Waals surface area contributed by atoms with Crippen LogP contribution in [0, 0.1) is 13.8 Å². The topological polar surface area (TPSA) is 41.6 Å². The third kappa shape index (κ3) is 3.96. The van der Waals surface area contributed by atoms with Gasteiger partial charge >= 0.3 is 0 Å². The molecule has 1 aromatic heterocycles. The minimum Gasteiger partial charge on any atom is -0.378 e. The van der Waals surface area contributed by atoms with Crippen LogP contribution in [0.15, 0.2) is 53.9 Å². The highest BCUT2D eigenvalue weighted by Gasteiger charge is 2.17. The Bertz CT molecular complexity index is 973. The number of amides is 1. The highest BCUT2D eigenvalue weighted by atomic mass is 32.1. The number of hydrogen-bond acceptors (Lipinski definition) is 4. The smallest absolute Gasteiger partial charge is 0.266 e. The van der Waals surface area contributed by atoms with E-state index in [1.54, 1.807) is 0 Å². The zero-order valence-electron chi connectivity index (χ0n) is 16.2. The zero-order valence-corrected chi connectivity index (χ0v) is 17.0. The lowest BCUT2D eigenvalue weighted by molar-refractivity contribution is 0.103. The Morgan fingerprint density at radius 2 is 1.79 bits per heavy atom. The molecule has 1 fully saturated rings. The summed E-state index contributed by atoms with van der Waals surface area (Å²) in [5, 5.41) is 5.06. The second-order valence-electron chi connectivity index (χ2n) is 7.08. The summed E-state index contributed by atoms with van der Waals surface area (Å²) in [5.41, 5.74) is 6.34. The average Bonchev–Trinajstić information content (AvgIpc) is 3.21. The molecule has 5 heteroatoms. The summed E-state index contributed by atoms with van der Waals surface area (Å²) in [6, 6.07) is 16.5. The van der Waals surface area contributed by atoms with E-state index in [4.69, 9.17) is 4.74 Å². The van der Waals surface area contributed by atoms with Gasteiger partial charge in [-0.2, -0.15) is 0 Å². The number of aryl methyl sites for hydroxylation is 2. The third-order valence-electron chi connectivity index (χ3n) is 5.07. The predicted octanol–water partition coefficient (Wildman–Crippen LogP) is 5.12. The monoisotopic (exact) mass is 392 g/mol. The number of ether oxygens (including phenoxy) is 1. The largest absolute Gasteiger partial charge is 0.378 e. The fourth-order valence-electron chi connectivity index (χ4n) is 3.43. The van der Waals surface area contributed by atoms with E-state index in [2.05, 4.69) is 53.5 Å². The van der Waals surface area contributed by atoms with Gasteiger partial charge in [-0.1, -0.05) is 29.8 Å². The van der Waals surface area contributed by atoms with Crippen LogP contribution in [0.3, 0.4) is 0 Å². The van der Waals surface area contributed by atoms with Crippen molar-refractivity contribution in [2.45, 2.75) is 13.8 Å². The van der Waals surface area contributed by atoms with Crippen molar-refractivity contribution < 1.29 is 9.53 Å². The molecule has 2 heterocycles. The van der Waals surface area contributed by atoms with Crippen LogP contribution < -0.4 is 10.2 Å². The molecule has 28 heavy (non-hydrogen) atoms. The molecule has 1 aliphatic heterocycles. The fraction of sp³-hybridized carbons (Fsp3) is 0.261. The number of nitrogens with zero attached hydrogens (tertiary/aromatic N) is 1. The fourth-order valence-corrected chi connectivity index (χ4v) is 4.24. The molecule has 4 nitrogen and oxygen atoms in total. The number of hydrogen-bond donors (Lipinski definition) is 1. The van der Waals surface area contributed by atoms with Gasteiger partial charge in [-0.05, 0) is 54.6 Å². The molecule has 2 aromatic carbocycles. The van der Waals surface area contributed by atoms with Crippen LogP contribution in [-0.2, 0) is 4.74 Å². The number of benzene rings is 2. The van der Waals surface area contributed by atoms with Gasteiger partial charge in [0.25, 0.3) is 5.91 Å². The van der Waals surface area contributed by atoms with Crippen molar-refractivity contribution in [2.24, 2.45) is 0 Å². The molecule has 0 aliphatic carbocycles. The van der Waals surface area contributed by atoms with Crippen molar-refractivity contribution in [2.75, 3.05) is 36.5 Å². The van der Waals surface area contributed by atoms with Crippen molar-refractivity contribution in [1.82, 2.24) is 0 Å². The SMILES string of the molecule is Cc1ccc(-c2ccsc2C(=O)Nc2ccc(N3CCOCC3)cc2C)cc1. The number of nitrogens with one attached hydrogen (secondary N) is 1. The van der Waals surface area contributed by atoms with E-state index in [0.29, 0.717) is 0 Å². The quantitative estimate of drug-likeness (QED) is 0.670. The van der Waals surface area contributed by atoms with Gasteiger partial charge in [0.1, 0.15) is 0 Å². The Morgan fingerprint density at radius 1 is 1.04 bits per heavy atom. The molecular formula is C23H24N2O2S. The minimum atomic E-state index is -0.0622. The lowest BCUT2D eigenvalue weighted by Crippen LogP contribution is -2.36. The van der Waals surface area contributed by atoms with Crippen molar-refractivity contribution in [3.8, 4) is 11.1 Å². The number of carbonyl (C=O) groups excluding carboxylic acids is 1. The van der Waals surface area contributed by atoms with Crippen molar-refractivity contribution >= 4 is 28.6 Å². The second kappa shape index (κ2) is 8.17. The summed E-state index contributed by atoms with van der Waals surface area (Å²) < 4.78 is 5.43. The second-order valence-corrected chi connectivity index (χ2v) is 8.00. The number of morpholine rings is 1. The first-order chi connectivity index (χ1) is 13.6. The van der Waals surface area contributed by atoms with Crippen LogP contribution in [0.1, 0.15) is 20.8 Å². The number of thiophene rings is 1. The molecule has 144 valence electrons. The van der Waals surface area contributed by atoms with E-state index in [1.807, 2.05) is 24.4 Å². The Labute approximate surface area is 169 Å². The minimum absolute atomic E-state index is 0.0622. The standard InChI is InChI=1S/C23H24N2O2S/c1-16-3-5-18(6-4-16)20-9-14-28-22(20)23(26)24-21-8-7-19(15-17(21)2)25-10-12-27-13-11-25/h3-9,14-15H,10-13H2,1-2H3,(H,24,26). The number of carbonyl (C=O) groups is 1. The predicted molar refractivity (Wildman–Crippen MR) is 117 cm³/mol. The molecule has 1 amide bonds. The number of rotatable bonds is 4. The molecule has 1 saturated heterocycles. The normalized spacial score (nSPS) is 14.1. The van der Waals surface area contributed by atoms with Gasteiger partial charge in [0.2, 0.25) is 0 Å². The van der Waals surface area contributed by atoms with Crippen LogP contribution in [0.2, 0.25) is 0 Å². The molecule has 4 rings (SSSR count). The van der Waals surface area contributed by atoms with Crippen molar-refractivity contribution in [1.29, 1.82) is 0 Å². The third-order valence-corrected chi connectivity index (χ3v) is 5.98. The van der Waals surface area contributed by atoms with Gasteiger partial charge in [-0.3, -0.25) is 4.79 Å². The van der Waals surface area contributed by atoms with Crippen LogP contribution in [0.25, 0.3) is 11.1 Å². The first-order valence-electron chi connectivity index (χ1n) is 9.51. The van der Waals surface area contributed by atoms with Gasteiger partial charge in [0.15, 0.2) is 0 Å². The highest BCUT2D eigenvalue weighted by molar-refractivity contribution is 7.12. The van der Waals surface area contributed by atoms with Gasteiger partial charge in [-0.15, -0.1) is 11.3 Å². The van der Waals surface area contributed by atoms with E-state index in [0.717, 1.165) is 53.6 Å². The molecule has 3 aromatic rings.